The van der Waals surface area contributed by atoms with Crippen LogP contribution < -0.4 is 4.74 Å². The Balaban J connectivity index is 2.12. The normalized spacial score (nSPS) is 10.6. The van der Waals surface area contributed by atoms with E-state index in [1.54, 1.807) is 55.5 Å². The van der Waals surface area contributed by atoms with Gasteiger partial charge in [0.05, 0.1) is 22.7 Å². The molecule has 28 heavy (non-hydrogen) atoms. The Labute approximate surface area is 172 Å². The number of rotatable bonds is 5. The summed E-state index contributed by atoms with van der Waals surface area (Å²) in [6.45, 7) is 1.73. The van der Waals surface area contributed by atoms with Crippen LogP contribution in [0.25, 0.3) is 0 Å². The summed E-state index contributed by atoms with van der Waals surface area (Å²) in [6, 6.07) is 14.1. The van der Waals surface area contributed by atoms with Crippen LogP contribution in [0.5, 0.6) is 11.5 Å². The lowest BCUT2D eigenvalue weighted by Gasteiger charge is -2.13. The van der Waals surface area contributed by atoms with Crippen molar-refractivity contribution in [3.63, 3.8) is 0 Å². The van der Waals surface area contributed by atoms with Crippen LogP contribution in [0.4, 0.5) is 0 Å². The Morgan fingerprint density at radius 2 is 1.43 bits per heavy atom. The Morgan fingerprint density at radius 3 is 2.00 bits per heavy atom. The third-order valence-electron chi connectivity index (χ3n) is 4.38. The van der Waals surface area contributed by atoms with Crippen LogP contribution in [0, 0.1) is 6.92 Å². The molecule has 3 aromatic rings. The molecule has 0 amide bonds. The zero-order chi connectivity index (χ0) is 20.4. The van der Waals surface area contributed by atoms with Gasteiger partial charge in [-0.2, -0.15) is 0 Å². The predicted molar refractivity (Wildman–Crippen MR) is 109 cm³/mol. The molecule has 0 atom stereocenters. The highest BCUT2D eigenvalue weighted by molar-refractivity contribution is 6.41. The summed E-state index contributed by atoms with van der Waals surface area (Å²) < 4.78 is 5.07. The van der Waals surface area contributed by atoms with Crippen molar-refractivity contribution in [3.8, 4) is 11.5 Å². The van der Waals surface area contributed by atoms with E-state index < -0.39 is 11.6 Å². The highest BCUT2D eigenvalue weighted by atomic mass is 35.5. The number of ether oxygens (including phenoxy) is 1. The van der Waals surface area contributed by atoms with Crippen molar-refractivity contribution in [2.45, 2.75) is 6.92 Å². The van der Waals surface area contributed by atoms with E-state index in [2.05, 4.69) is 0 Å². The van der Waals surface area contributed by atoms with Gasteiger partial charge in [-0.1, -0.05) is 53.5 Å². The first-order valence-electron chi connectivity index (χ1n) is 8.35. The average molecular weight is 415 g/mol. The molecule has 4 nitrogen and oxygen atoms in total. The van der Waals surface area contributed by atoms with E-state index in [1.165, 1.54) is 13.2 Å². The molecule has 0 aromatic heterocycles. The van der Waals surface area contributed by atoms with Crippen molar-refractivity contribution in [2.24, 2.45) is 0 Å². The van der Waals surface area contributed by atoms with Crippen molar-refractivity contribution in [3.05, 3.63) is 92.5 Å². The Bertz CT molecular complexity index is 1070. The minimum atomic E-state index is -0.449. The summed E-state index contributed by atoms with van der Waals surface area (Å²) in [7, 11) is 1.43. The molecular formula is C22H16Cl2O4. The maximum atomic E-state index is 13.2. The van der Waals surface area contributed by atoms with Crippen LogP contribution in [0.3, 0.4) is 0 Å². The fourth-order valence-corrected chi connectivity index (χ4v) is 3.52. The SMILES string of the molecule is COc1cc(C)c(C(=O)c2ccccc2C(=O)c2c(Cl)cccc2Cl)cc1O. The van der Waals surface area contributed by atoms with Gasteiger partial charge >= 0.3 is 0 Å². The number of carbonyl (C=O) groups is 2. The summed E-state index contributed by atoms with van der Waals surface area (Å²) >= 11 is 12.3. The molecule has 0 saturated heterocycles. The van der Waals surface area contributed by atoms with Crippen molar-refractivity contribution in [2.75, 3.05) is 7.11 Å². The van der Waals surface area contributed by atoms with Gasteiger partial charge in [0.15, 0.2) is 23.1 Å². The molecule has 142 valence electrons. The Kier molecular flexibility index (Phi) is 5.73. The second kappa shape index (κ2) is 8.05. The number of aryl methyl sites for hydroxylation is 1. The number of methoxy groups -OCH3 is 1. The van der Waals surface area contributed by atoms with Crippen LogP contribution in [-0.2, 0) is 0 Å². The highest BCUT2D eigenvalue weighted by Crippen LogP contribution is 2.32. The van der Waals surface area contributed by atoms with E-state index in [0.29, 0.717) is 5.56 Å². The average Bonchev–Trinajstić information content (AvgIpc) is 2.68. The number of halogens is 2. The Morgan fingerprint density at radius 1 is 0.857 bits per heavy atom. The molecule has 0 spiro atoms. The van der Waals surface area contributed by atoms with Crippen LogP contribution >= 0.6 is 23.2 Å². The molecule has 3 aromatic carbocycles. The van der Waals surface area contributed by atoms with Gasteiger partial charge in [0.2, 0.25) is 0 Å². The summed E-state index contributed by atoms with van der Waals surface area (Å²) in [5, 5.41) is 10.5. The second-order valence-corrected chi connectivity index (χ2v) is 6.95. The summed E-state index contributed by atoms with van der Waals surface area (Å²) in [5.74, 6) is -0.742. The van der Waals surface area contributed by atoms with Gasteiger partial charge in [0.25, 0.3) is 0 Å². The quantitative estimate of drug-likeness (QED) is 0.561. The van der Waals surface area contributed by atoms with E-state index in [4.69, 9.17) is 27.9 Å². The third kappa shape index (κ3) is 3.61. The zero-order valence-electron chi connectivity index (χ0n) is 15.1. The summed E-state index contributed by atoms with van der Waals surface area (Å²) in [6.07, 6.45) is 0. The molecule has 0 saturated carbocycles. The lowest BCUT2D eigenvalue weighted by molar-refractivity contribution is 0.100. The van der Waals surface area contributed by atoms with Crippen molar-refractivity contribution >= 4 is 34.8 Å². The molecule has 0 bridgehead atoms. The molecule has 6 heteroatoms. The summed E-state index contributed by atoms with van der Waals surface area (Å²) in [4.78, 5) is 26.3. The van der Waals surface area contributed by atoms with Gasteiger partial charge < -0.3 is 9.84 Å². The molecule has 0 radical (unpaired) electrons. The van der Waals surface area contributed by atoms with E-state index in [9.17, 15) is 14.7 Å². The van der Waals surface area contributed by atoms with Gasteiger partial charge in [0, 0.05) is 16.7 Å². The van der Waals surface area contributed by atoms with E-state index >= 15 is 0 Å². The molecule has 0 aliphatic heterocycles. The number of ketones is 2. The number of carbonyl (C=O) groups excluding carboxylic acids is 2. The smallest absolute Gasteiger partial charge is 0.196 e. The molecule has 0 heterocycles. The molecule has 3 rings (SSSR count). The Hall–Kier alpha value is -2.82. The molecule has 0 aliphatic carbocycles. The van der Waals surface area contributed by atoms with Crippen LogP contribution in [0.2, 0.25) is 10.0 Å². The highest BCUT2D eigenvalue weighted by Gasteiger charge is 2.24. The fourth-order valence-electron chi connectivity index (χ4n) is 2.95. The first kappa shape index (κ1) is 19.9. The molecule has 0 aliphatic rings. The minimum Gasteiger partial charge on any atom is -0.504 e. The molecule has 0 unspecified atom stereocenters. The van der Waals surface area contributed by atoms with Crippen LogP contribution in [0.15, 0.2) is 54.6 Å². The van der Waals surface area contributed by atoms with Gasteiger partial charge in [-0.15, -0.1) is 0 Å². The topological polar surface area (TPSA) is 63.6 Å². The largest absolute Gasteiger partial charge is 0.504 e. The van der Waals surface area contributed by atoms with Crippen LogP contribution in [0.1, 0.15) is 37.4 Å². The lowest BCUT2D eigenvalue weighted by atomic mass is 9.91. The molecule has 1 N–H and O–H groups in total. The second-order valence-electron chi connectivity index (χ2n) is 6.14. The van der Waals surface area contributed by atoms with Gasteiger partial charge in [-0.05, 0) is 36.8 Å². The van der Waals surface area contributed by atoms with E-state index in [0.717, 1.165) is 0 Å². The van der Waals surface area contributed by atoms with Crippen molar-refractivity contribution in [1.82, 2.24) is 0 Å². The first-order chi connectivity index (χ1) is 13.3. The number of aromatic hydroxyl groups is 1. The maximum Gasteiger partial charge on any atom is 0.196 e. The van der Waals surface area contributed by atoms with Crippen molar-refractivity contribution in [1.29, 1.82) is 0 Å². The fraction of sp³-hybridized carbons (Fsp3) is 0.0909. The number of hydrogen-bond donors (Lipinski definition) is 1. The van der Waals surface area contributed by atoms with Gasteiger partial charge in [0.1, 0.15) is 0 Å². The zero-order valence-corrected chi connectivity index (χ0v) is 16.6. The van der Waals surface area contributed by atoms with Crippen molar-refractivity contribution < 1.29 is 19.4 Å². The van der Waals surface area contributed by atoms with Gasteiger partial charge in [-0.25, -0.2) is 0 Å². The van der Waals surface area contributed by atoms with Gasteiger partial charge in [-0.3, -0.25) is 9.59 Å². The lowest BCUT2D eigenvalue weighted by Crippen LogP contribution is -2.13. The number of hydrogen-bond acceptors (Lipinski definition) is 4. The standard InChI is InChI=1S/C22H16Cl2O4/c1-12-10-19(28-2)18(25)11-15(12)21(26)13-6-3-4-7-14(13)22(27)20-16(23)8-5-9-17(20)24/h3-11,25H,1-2H3. The number of phenolic OH excluding ortho intramolecular Hbond substituents is 1. The molecule has 0 fully saturated rings. The van der Waals surface area contributed by atoms with E-state index in [1.807, 2.05) is 0 Å². The monoisotopic (exact) mass is 414 g/mol. The van der Waals surface area contributed by atoms with E-state index in [-0.39, 0.29) is 43.8 Å². The van der Waals surface area contributed by atoms with Crippen LogP contribution in [-0.4, -0.2) is 23.8 Å². The maximum absolute atomic E-state index is 13.2. The number of phenols is 1. The first-order valence-corrected chi connectivity index (χ1v) is 9.10. The molecular weight excluding hydrogens is 399 g/mol. The minimum absolute atomic E-state index is 0.139. The third-order valence-corrected chi connectivity index (χ3v) is 5.01. The predicted octanol–water partition coefficient (Wildman–Crippen LogP) is 5.48. The summed E-state index contributed by atoms with van der Waals surface area (Å²) in [5.41, 5.74) is 1.38. The number of benzene rings is 3.